The summed E-state index contributed by atoms with van der Waals surface area (Å²) in [5, 5.41) is 14.2. The number of anilines is 1. The molecular weight excluding hydrogens is 458 g/mol. The summed E-state index contributed by atoms with van der Waals surface area (Å²) in [6, 6.07) is 4.40. The number of nitrogens with one attached hydrogen (secondary N) is 2. The van der Waals surface area contributed by atoms with Gasteiger partial charge in [0.25, 0.3) is 5.91 Å². The molecule has 0 atom stereocenters. The highest BCUT2D eigenvalue weighted by Gasteiger charge is 2.35. The van der Waals surface area contributed by atoms with Gasteiger partial charge in [0.2, 0.25) is 0 Å². The fourth-order valence-corrected chi connectivity index (χ4v) is 3.96. The number of nitrogens with zero attached hydrogens (tertiary/aromatic N) is 1. The van der Waals surface area contributed by atoms with Crippen LogP contribution in [0.2, 0.25) is 0 Å². The van der Waals surface area contributed by atoms with Crippen LogP contribution in [0.5, 0.6) is 5.75 Å². The Bertz CT molecular complexity index is 1040. The van der Waals surface area contributed by atoms with Gasteiger partial charge in [-0.1, -0.05) is 0 Å². The molecule has 0 radical (unpaired) electrons. The molecule has 0 saturated heterocycles. The maximum absolute atomic E-state index is 13.7. The fraction of sp³-hybridized carbons (Fsp3) is 0.435. The summed E-state index contributed by atoms with van der Waals surface area (Å²) < 4.78 is 59.6. The van der Waals surface area contributed by atoms with E-state index in [1.165, 1.54) is 19.2 Å². The summed E-state index contributed by atoms with van der Waals surface area (Å²) in [5.41, 5.74) is -1.07. The topological polar surface area (TPSA) is 101 Å². The molecule has 1 fully saturated rings. The Labute approximate surface area is 193 Å². The molecule has 3 rings (SSSR count). The van der Waals surface area contributed by atoms with Crippen LogP contribution in [0.25, 0.3) is 0 Å². The number of hydrogen-bond acceptors (Lipinski definition) is 5. The smallest absolute Gasteiger partial charge is 0.419 e. The lowest BCUT2D eigenvalue weighted by molar-refractivity contribution is -0.143. The zero-order chi connectivity index (χ0) is 24.9. The van der Waals surface area contributed by atoms with Gasteiger partial charge in [-0.3, -0.25) is 9.59 Å². The normalized spacial score (nSPS) is 18.3. The largest absolute Gasteiger partial charge is 0.496 e. The minimum atomic E-state index is -4.78. The van der Waals surface area contributed by atoms with Gasteiger partial charge in [-0.25, -0.2) is 9.37 Å². The highest BCUT2D eigenvalue weighted by atomic mass is 19.4. The van der Waals surface area contributed by atoms with E-state index < -0.39 is 41.2 Å². The number of aliphatic carboxylic acids is 1. The molecule has 0 aliphatic heterocycles. The lowest BCUT2D eigenvalue weighted by Crippen LogP contribution is -2.32. The molecule has 0 unspecified atom stereocenters. The van der Waals surface area contributed by atoms with Gasteiger partial charge in [0.1, 0.15) is 17.4 Å². The molecule has 0 bridgehead atoms. The third kappa shape index (κ3) is 6.36. The maximum Gasteiger partial charge on any atom is 0.419 e. The van der Waals surface area contributed by atoms with E-state index in [4.69, 9.17) is 9.84 Å². The second-order valence-electron chi connectivity index (χ2n) is 8.19. The second-order valence-corrected chi connectivity index (χ2v) is 8.19. The molecule has 1 aromatic heterocycles. The third-order valence-corrected chi connectivity index (χ3v) is 5.89. The molecule has 34 heavy (non-hydrogen) atoms. The van der Waals surface area contributed by atoms with Crippen LogP contribution in [0.15, 0.2) is 30.5 Å². The number of ether oxygens (including phenoxy) is 1. The van der Waals surface area contributed by atoms with Crippen LogP contribution in [-0.2, 0) is 17.5 Å². The summed E-state index contributed by atoms with van der Waals surface area (Å²) in [4.78, 5) is 27.3. The number of halogens is 4. The van der Waals surface area contributed by atoms with Crippen LogP contribution in [0.1, 0.15) is 47.2 Å². The Morgan fingerprint density at radius 2 is 1.88 bits per heavy atom. The first-order valence-corrected chi connectivity index (χ1v) is 10.7. The quantitative estimate of drug-likeness (QED) is 0.479. The van der Waals surface area contributed by atoms with Gasteiger partial charge in [0, 0.05) is 24.8 Å². The molecule has 184 valence electrons. The molecule has 0 spiro atoms. The van der Waals surface area contributed by atoms with Crippen LogP contribution in [0, 0.1) is 17.7 Å². The molecular formula is C23H25F4N3O4. The standard InChI is InChI=1S/C23H25F4N3O4/c1-34-19-7-6-17(24)8-15(19)11-28-20-18(23(25,26)27)9-16(12-29-20)21(31)30-10-13-2-4-14(5-3-13)22(32)33/h6-9,12-14H,2-5,10-11H2,1H3,(H,28,29)(H,30,31)(H,32,33). The predicted molar refractivity (Wildman–Crippen MR) is 115 cm³/mol. The Morgan fingerprint density at radius 3 is 2.50 bits per heavy atom. The van der Waals surface area contributed by atoms with E-state index in [1.54, 1.807) is 0 Å². The molecule has 1 aliphatic carbocycles. The highest BCUT2D eigenvalue weighted by molar-refractivity contribution is 5.94. The summed E-state index contributed by atoms with van der Waals surface area (Å²) in [5.74, 6) is -2.62. The second kappa shape index (κ2) is 10.7. The van der Waals surface area contributed by atoms with E-state index in [1.807, 2.05) is 0 Å². The number of carboxylic acid groups (broad SMARTS) is 1. The number of pyridine rings is 1. The van der Waals surface area contributed by atoms with Gasteiger partial charge >= 0.3 is 12.1 Å². The minimum Gasteiger partial charge on any atom is -0.496 e. The number of carbonyl (C=O) groups excluding carboxylic acids is 1. The average molecular weight is 483 g/mol. The van der Waals surface area contributed by atoms with Crippen LogP contribution >= 0.6 is 0 Å². The first-order valence-electron chi connectivity index (χ1n) is 10.7. The van der Waals surface area contributed by atoms with E-state index in [0.29, 0.717) is 37.0 Å². The van der Waals surface area contributed by atoms with Gasteiger partial charge < -0.3 is 20.5 Å². The van der Waals surface area contributed by atoms with Crippen LogP contribution < -0.4 is 15.4 Å². The number of carbonyl (C=O) groups is 2. The maximum atomic E-state index is 13.7. The molecule has 7 nitrogen and oxygen atoms in total. The Balaban J connectivity index is 1.68. The van der Waals surface area contributed by atoms with Gasteiger partial charge in [-0.05, 0) is 55.9 Å². The Kier molecular flexibility index (Phi) is 7.95. The van der Waals surface area contributed by atoms with Crippen LogP contribution in [-0.4, -0.2) is 35.6 Å². The van der Waals surface area contributed by atoms with Gasteiger partial charge in [0.05, 0.1) is 24.2 Å². The summed E-state index contributed by atoms with van der Waals surface area (Å²) in [7, 11) is 1.36. The minimum absolute atomic E-state index is 0.0665. The number of amides is 1. The average Bonchev–Trinajstić information content (AvgIpc) is 2.80. The number of hydrogen-bond donors (Lipinski definition) is 3. The number of carboxylic acids is 1. The summed E-state index contributed by atoms with van der Waals surface area (Å²) in [6.45, 7) is 0.0630. The van der Waals surface area contributed by atoms with E-state index in [2.05, 4.69) is 15.6 Å². The lowest BCUT2D eigenvalue weighted by Gasteiger charge is -2.26. The van der Waals surface area contributed by atoms with Crippen molar-refractivity contribution in [1.82, 2.24) is 10.3 Å². The number of alkyl halides is 3. The van der Waals surface area contributed by atoms with Crippen molar-refractivity contribution in [1.29, 1.82) is 0 Å². The monoisotopic (exact) mass is 483 g/mol. The van der Waals surface area contributed by atoms with E-state index in [9.17, 15) is 27.2 Å². The molecule has 1 aliphatic rings. The molecule has 11 heteroatoms. The van der Waals surface area contributed by atoms with Crippen molar-refractivity contribution in [3.8, 4) is 5.75 Å². The summed E-state index contributed by atoms with van der Waals surface area (Å²) >= 11 is 0. The van der Waals surface area contributed by atoms with Crippen molar-refractivity contribution in [3.05, 3.63) is 53.0 Å². The number of aromatic nitrogens is 1. The number of rotatable bonds is 8. The van der Waals surface area contributed by atoms with Crippen molar-refractivity contribution in [2.75, 3.05) is 19.0 Å². The zero-order valence-electron chi connectivity index (χ0n) is 18.4. The summed E-state index contributed by atoms with van der Waals surface area (Å²) in [6.07, 6.45) is -1.49. The van der Waals surface area contributed by atoms with Gasteiger partial charge in [0.15, 0.2) is 0 Å². The molecule has 1 heterocycles. The molecule has 1 saturated carbocycles. The molecule has 1 amide bonds. The van der Waals surface area contributed by atoms with Crippen molar-refractivity contribution in [2.24, 2.45) is 11.8 Å². The zero-order valence-corrected chi connectivity index (χ0v) is 18.4. The highest BCUT2D eigenvalue weighted by Crippen LogP contribution is 2.35. The Morgan fingerprint density at radius 1 is 1.18 bits per heavy atom. The van der Waals surface area contributed by atoms with E-state index in [-0.39, 0.29) is 24.6 Å². The fourth-order valence-electron chi connectivity index (χ4n) is 3.96. The molecule has 1 aromatic carbocycles. The van der Waals surface area contributed by atoms with Gasteiger partial charge in [-0.15, -0.1) is 0 Å². The number of methoxy groups -OCH3 is 1. The number of benzene rings is 1. The molecule has 2 aromatic rings. The van der Waals surface area contributed by atoms with Crippen LogP contribution in [0.4, 0.5) is 23.4 Å². The third-order valence-electron chi connectivity index (χ3n) is 5.89. The predicted octanol–water partition coefficient (Wildman–Crippen LogP) is 4.48. The first kappa shape index (κ1) is 25.3. The van der Waals surface area contributed by atoms with Crippen molar-refractivity contribution in [2.45, 2.75) is 38.4 Å². The Hall–Kier alpha value is -3.37. The van der Waals surface area contributed by atoms with E-state index >= 15 is 0 Å². The van der Waals surface area contributed by atoms with Crippen molar-refractivity contribution >= 4 is 17.7 Å². The molecule has 3 N–H and O–H groups in total. The SMILES string of the molecule is COc1ccc(F)cc1CNc1ncc(C(=O)NCC2CCC(C(=O)O)CC2)cc1C(F)(F)F. The van der Waals surface area contributed by atoms with Gasteiger partial charge in [-0.2, -0.15) is 13.2 Å². The van der Waals surface area contributed by atoms with Crippen LogP contribution in [0.3, 0.4) is 0 Å². The lowest BCUT2D eigenvalue weighted by atomic mass is 9.82. The van der Waals surface area contributed by atoms with Crippen molar-refractivity contribution < 1.29 is 37.0 Å². The van der Waals surface area contributed by atoms with E-state index in [0.717, 1.165) is 18.3 Å². The first-order chi connectivity index (χ1) is 16.1. The van der Waals surface area contributed by atoms with Crippen molar-refractivity contribution in [3.63, 3.8) is 0 Å².